The molecule has 1 fully saturated rings. The van der Waals surface area contributed by atoms with Crippen LogP contribution in [0.5, 0.6) is 0 Å². The monoisotopic (exact) mass is 300 g/mol. The summed E-state index contributed by atoms with van der Waals surface area (Å²) in [5.41, 5.74) is -0.433. The van der Waals surface area contributed by atoms with Gasteiger partial charge in [-0.1, -0.05) is 20.8 Å². The molecule has 1 aliphatic rings. The maximum atomic E-state index is 12.1. The number of methoxy groups -OCH3 is 1. The Balaban J connectivity index is 2.65. The van der Waals surface area contributed by atoms with Crippen molar-refractivity contribution in [3.63, 3.8) is 0 Å². The molecule has 6 heteroatoms. The molecule has 6 nitrogen and oxygen atoms in total. The first kappa shape index (κ1) is 17.9. The second kappa shape index (κ2) is 7.75. The molecule has 21 heavy (non-hydrogen) atoms. The Morgan fingerprint density at radius 1 is 1.33 bits per heavy atom. The van der Waals surface area contributed by atoms with Crippen LogP contribution >= 0.6 is 0 Å². The summed E-state index contributed by atoms with van der Waals surface area (Å²) in [6.07, 6.45) is 1.51. The van der Waals surface area contributed by atoms with E-state index >= 15 is 0 Å². The molecule has 1 heterocycles. The summed E-state index contributed by atoms with van der Waals surface area (Å²) in [4.78, 5) is 25.5. The highest BCUT2D eigenvalue weighted by Crippen LogP contribution is 2.21. The van der Waals surface area contributed by atoms with Crippen LogP contribution < -0.4 is 5.32 Å². The average Bonchev–Trinajstić information content (AvgIpc) is 2.37. The van der Waals surface area contributed by atoms with Gasteiger partial charge in [0, 0.05) is 31.2 Å². The van der Waals surface area contributed by atoms with Crippen molar-refractivity contribution < 1.29 is 19.4 Å². The number of esters is 1. The molecule has 2 N–H and O–H groups in total. The molecular formula is C15H28N2O4. The third kappa shape index (κ3) is 6.01. The zero-order chi connectivity index (χ0) is 16.0. The van der Waals surface area contributed by atoms with Crippen molar-refractivity contribution in [3.05, 3.63) is 0 Å². The van der Waals surface area contributed by atoms with Crippen LogP contribution in [0.15, 0.2) is 0 Å². The molecule has 0 bridgehead atoms. The van der Waals surface area contributed by atoms with E-state index in [0.29, 0.717) is 13.0 Å². The maximum absolute atomic E-state index is 12.1. The van der Waals surface area contributed by atoms with E-state index in [1.807, 2.05) is 25.7 Å². The third-order valence-corrected chi connectivity index (χ3v) is 3.75. The minimum absolute atomic E-state index is 0.00619. The van der Waals surface area contributed by atoms with E-state index < -0.39 is 5.41 Å². The van der Waals surface area contributed by atoms with Crippen LogP contribution in [-0.4, -0.2) is 61.3 Å². The highest BCUT2D eigenvalue weighted by atomic mass is 16.5. The molecule has 1 rings (SSSR count). The quantitative estimate of drug-likeness (QED) is 0.718. The lowest BCUT2D eigenvalue weighted by molar-refractivity contribution is -0.142. The summed E-state index contributed by atoms with van der Waals surface area (Å²) >= 11 is 0. The van der Waals surface area contributed by atoms with Gasteiger partial charge in [-0.25, -0.2) is 0 Å². The number of hydrogen-bond donors (Lipinski definition) is 2. The molecule has 0 spiro atoms. The SMILES string of the molecule is COC(=O)CN1CC(CCO)CC(NC(=O)C(C)(C)C)C1. The minimum atomic E-state index is -0.433. The normalized spacial score (nSPS) is 23.7. The van der Waals surface area contributed by atoms with Gasteiger partial charge in [-0.3, -0.25) is 14.5 Å². The zero-order valence-corrected chi connectivity index (χ0v) is 13.5. The van der Waals surface area contributed by atoms with Crippen LogP contribution in [0.25, 0.3) is 0 Å². The maximum Gasteiger partial charge on any atom is 0.319 e. The standard InChI is InChI=1S/C15H28N2O4/c1-15(2,3)14(20)16-12-7-11(5-6-18)8-17(9-12)10-13(19)21-4/h11-12,18H,5-10H2,1-4H3,(H,16,20). The van der Waals surface area contributed by atoms with Crippen LogP contribution in [-0.2, 0) is 14.3 Å². The van der Waals surface area contributed by atoms with Crippen molar-refractivity contribution in [2.24, 2.45) is 11.3 Å². The third-order valence-electron chi connectivity index (χ3n) is 3.75. The number of hydrogen-bond acceptors (Lipinski definition) is 5. The molecule has 0 aromatic rings. The minimum Gasteiger partial charge on any atom is -0.468 e. The fourth-order valence-electron chi connectivity index (χ4n) is 2.58. The Morgan fingerprint density at radius 2 is 2.00 bits per heavy atom. The van der Waals surface area contributed by atoms with Gasteiger partial charge >= 0.3 is 5.97 Å². The molecule has 1 saturated heterocycles. The summed E-state index contributed by atoms with van der Waals surface area (Å²) in [7, 11) is 1.37. The first-order valence-electron chi connectivity index (χ1n) is 7.47. The topological polar surface area (TPSA) is 78.9 Å². The highest BCUT2D eigenvalue weighted by Gasteiger charge is 2.31. The molecule has 1 amide bonds. The Hall–Kier alpha value is -1.14. The number of rotatable bonds is 5. The van der Waals surface area contributed by atoms with Crippen LogP contribution in [0.2, 0.25) is 0 Å². The van der Waals surface area contributed by atoms with Crippen LogP contribution in [0, 0.1) is 11.3 Å². The molecule has 0 aliphatic carbocycles. The number of carbonyl (C=O) groups excluding carboxylic acids is 2. The summed E-state index contributed by atoms with van der Waals surface area (Å²) in [6, 6.07) is 0.00619. The molecule has 2 atom stereocenters. The van der Waals surface area contributed by atoms with Gasteiger partial charge < -0.3 is 15.2 Å². The Kier molecular flexibility index (Phi) is 6.61. The van der Waals surface area contributed by atoms with E-state index in [1.165, 1.54) is 7.11 Å². The van der Waals surface area contributed by atoms with Crippen LogP contribution in [0.4, 0.5) is 0 Å². The lowest BCUT2D eigenvalue weighted by Crippen LogP contribution is -2.53. The predicted octanol–water partition coefficient (Wildman–Crippen LogP) is 0.395. The molecular weight excluding hydrogens is 272 g/mol. The lowest BCUT2D eigenvalue weighted by atomic mass is 9.89. The molecule has 0 aromatic heterocycles. The van der Waals surface area contributed by atoms with Gasteiger partial charge in [0.05, 0.1) is 13.7 Å². The van der Waals surface area contributed by atoms with E-state index in [0.717, 1.165) is 13.0 Å². The van der Waals surface area contributed by atoms with E-state index in [4.69, 9.17) is 9.84 Å². The Morgan fingerprint density at radius 3 is 2.52 bits per heavy atom. The summed E-state index contributed by atoms with van der Waals surface area (Å²) in [5.74, 6) is 0.00869. The van der Waals surface area contributed by atoms with Crippen molar-refractivity contribution in [1.82, 2.24) is 10.2 Å². The highest BCUT2D eigenvalue weighted by molar-refractivity contribution is 5.81. The van der Waals surface area contributed by atoms with E-state index in [-0.39, 0.29) is 37.0 Å². The fourth-order valence-corrected chi connectivity index (χ4v) is 2.58. The van der Waals surface area contributed by atoms with Crippen molar-refractivity contribution in [2.75, 3.05) is 33.4 Å². The average molecular weight is 300 g/mol. The summed E-state index contributed by atoms with van der Waals surface area (Å²) in [5, 5.41) is 12.2. The number of nitrogens with one attached hydrogen (secondary N) is 1. The van der Waals surface area contributed by atoms with Gasteiger partial charge in [0.2, 0.25) is 5.91 Å². The van der Waals surface area contributed by atoms with Gasteiger partial charge in [0.15, 0.2) is 0 Å². The molecule has 0 saturated carbocycles. The van der Waals surface area contributed by atoms with Crippen LogP contribution in [0.3, 0.4) is 0 Å². The van der Waals surface area contributed by atoms with Gasteiger partial charge in [0.25, 0.3) is 0 Å². The Labute approximate surface area is 126 Å². The first-order valence-corrected chi connectivity index (χ1v) is 7.47. The Bertz CT molecular complexity index is 365. The predicted molar refractivity (Wildman–Crippen MR) is 79.7 cm³/mol. The number of likely N-dealkylation sites (tertiary alicyclic amines) is 1. The molecule has 0 radical (unpaired) electrons. The number of carbonyl (C=O) groups is 2. The second-order valence-electron chi connectivity index (χ2n) is 6.80. The fraction of sp³-hybridized carbons (Fsp3) is 0.867. The van der Waals surface area contributed by atoms with Gasteiger partial charge in [-0.15, -0.1) is 0 Å². The zero-order valence-electron chi connectivity index (χ0n) is 13.5. The van der Waals surface area contributed by atoms with Crippen LogP contribution in [0.1, 0.15) is 33.6 Å². The van der Waals surface area contributed by atoms with Crippen molar-refractivity contribution in [2.45, 2.75) is 39.7 Å². The number of piperidine rings is 1. The molecule has 2 unspecified atom stereocenters. The van der Waals surface area contributed by atoms with Crippen molar-refractivity contribution in [3.8, 4) is 0 Å². The molecule has 0 aromatic carbocycles. The first-order chi connectivity index (χ1) is 9.76. The van der Waals surface area contributed by atoms with E-state index in [9.17, 15) is 9.59 Å². The molecule has 1 aliphatic heterocycles. The number of amides is 1. The lowest BCUT2D eigenvalue weighted by Gasteiger charge is -2.38. The van der Waals surface area contributed by atoms with E-state index in [1.54, 1.807) is 0 Å². The number of nitrogens with zero attached hydrogens (tertiary/aromatic N) is 1. The van der Waals surface area contributed by atoms with Gasteiger partial charge in [-0.05, 0) is 18.8 Å². The van der Waals surface area contributed by atoms with Crippen molar-refractivity contribution in [1.29, 1.82) is 0 Å². The second-order valence-corrected chi connectivity index (χ2v) is 6.80. The smallest absolute Gasteiger partial charge is 0.319 e. The molecule has 122 valence electrons. The number of ether oxygens (including phenoxy) is 1. The largest absolute Gasteiger partial charge is 0.468 e. The van der Waals surface area contributed by atoms with Gasteiger partial charge in [-0.2, -0.15) is 0 Å². The van der Waals surface area contributed by atoms with Crippen molar-refractivity contribution >= 4 is 11.9 Å². The summed E-state index contributed by atoms with van der Waals surface area (Å²) in [6.45, 7) is 7.36. The van der Waals surface area contributed by atoms with Gasteiger partial charge in [0.1, 0.15) is 0 Å². The number of aliphatic hydroxyl groups is 1. The van der Waals surface area contributed by atoms with E-state index in [2.05, 4.69) is 5.32 Å². The number of aliphatic hydroxyl groups excluding tert-OH is 1. The summed E-state index contributed by atoms with van der Waals surface area (Å²) < 4.78 is 4.70.